The number of amides is 1. The average molecular weight is 369 g/mol. The minimum atomic E-state index is -0.0880. The van der Waals surface area contributed by atoms with Gasteiger partial charge in [-0.3, -0.25) is 9.78 Å². The van der Waals surface area contributed by atoms with E-state index in [1.807, 2.05) is 68.4 Å². The Bertz CT molecular complexity index is 862. The van der Waals surface area contributed by atoms with Gasteiger partial charge in [0.05, 0.1) is 17.1 Å². The van der Waals surface area contributed by atoms with Crippen LogP contribution >= 0.6 is 15.9 Å². The third kappa shape index (κ3) is 3.42. The Balaban J connectivity index is 1.96. The van der Waals surface area contributed by atoms with Crippen LogP contribution in [0.5, 0.6) is 0 Å². The highest BCUT2D eigenvalue weighted by Gasteiger charge is 2.15. The molecule has 1 aromatic heterocycles. The second-order valence-corrected chi connectivity index (χ2v) is 6.49. The van der Waals surface area contributed by atoms with Gasteiger partial charge in [-0.15, -0.1) is 0 Å². The van der Waals surface area contributed by atoms with Gasteiger partial charge in [0.1, 0.15) is 0 Å². The van der Waals surface area contributed by atoms with Gasteiger partial charge >= 0.3 is 0 Å². The molecule has 3 nitrogen and oxygen atoms in total. The van der Waals surface area contributed by atoms with E-state index >= 15 is 0 Å². The van der Waals surface area contributed by atoms with Crippen molar-refractivity contribution >= 4 is 32.7 Å². The number of halogens is 1. The minimum Gasteiger partial charge on any atom is -0.345 e. The molecule has 0 saturated heterocycles. The van der Waals surface area contributed by atoms with Crippen molar-refractivity contribution in [3.63, 3.8) is 0 Å². The van der Waals surface area contributed by atoms with Crippen LogP contribution in [-0.2, 0) is 0 Å². The number of carbonyl (C=O) groups excluding carboxylic acids is 1. The molecule has 0 fully saturated rings. The first-order chi connectivity index (χ1) is 11.0. The molecule has 0 spiro atoms. The quantitative estimate of drug-likeness (QED) is 0.721. The maximum Gasteiger partial charge on any atom is 0.252 e. The molecular weight excluding hydrogens is 352 g/mol. The number of fused-ring (bicyclic) bond motifs is 1. The van der Waals surface area contributed by atoms with E-state index in [4.69, 9.17) is 0 Å². The second-order valence-electron chi connectivity index (χ2n) is 5.58. The number of aryl methyl sites for hydroxylation is 1. The molecule has 3 rings (SSSR count). The largest absolute Gasteiger partial charge is 0.345 e. The Morgan fingerprint density at radius 3 is 2.61 bits per heavy atom. The van der Waals surface area contributed by atoms with Crippen LogP contribution in [0, 0.1) is 6.92 Å². The number of rotatable bonds is 3. The molecule has 0 bridgehead atoms. The van der Waals surface area contributed by atoms with E-state index in [0.717, 1.165) is 26.6 Å². The maximum absolute atomic E-state index is 12.8. The van der Waals surface area contributed by atoms with Crippen molar-refractivity contribution in [3.05, 3.63) is 75.9 Å². The lowest BCUT2D eigenvalue weighted by Gasteiger charge is -2.15. The first-order valence-electron chi connectivity index (χ1n) is 7.47. The van der Waals surface area contributed by atoms with E-state index in [1.165, 1.54) is 0 Å². The summed E-state index contributed by atoms with van der Waals surface area (Å²) in [6.07, 6.45) is 0. The Labute approximate surface area is 143 Å². The smallest absolute Gasteiger partial charge is 0.252 e. The number of hydrogen-bond acceptors (Lipinski definition) is 2. The summed E-state index contributed by atoms with van der Waals surface area (Å²) in [5.74, 6) is -0.0880. The average Bonchev–Trinajstić information content (AvgIpc) is 2.55. The van der Waals surface area contributed by atoms with Crippen LogP contribution in [0.25, 0.3) is 10.9 Å². The van der Waals surface area contributed by atoms with E-state index in [2.05, 4.69) is 26.2 Å². The summed E-state index contributed by atoms with van der Waals surface area (Å²) in [5, 5.41) is 3.92. The molecule has 1 amide bonds. The molecule has 3 aromatic rings. The number of carbonyl (C=O) groups is 1. The zero-order valence-corrected chi connectivity index (χ0v) is 14.6. The minimum absolute atomic E-state index is 0.0561. The van der Waals surface area contributed by atoms with Crippen molar-refractivity contribution in [2.24, 2.45) is 0 Å². The molecule has 0 unspecified atom stereocenters. The molecule has 4 heteroatoms. The molecule has 0 aliphatic carbocycles. The summed E-state index contributed by atoms with van der Waals surface area (Å²) < 4.78 is 0.931. The lowest BCUT2D eigenvalue weighted by Crippen LogP contribution is -2.27. The van der Waals surface area contributed by atoms with Crippen LogP contribution in [0.1, 0.15) is 34.6 Å². The Morgan fingerprint density at radius 1 is 1.13 bits per heavy atom. The van der Waals surface area contributed by atoms with Gasteiger partial charge in [-0.05, 0) is 43.7 Å². The van der Waals surface area contributed by atoms with Crippen molar-refractivity contribution < 1.29 is 4.79 Å². The summed E-state index contributed by atoms with van der Waals surface area (Å²) in [4.78, 5) is 17.2. The number of nitrogens with zero attached hydrogens (tertiary/aromatic N) is 1. The fourth-order valence-electron chi connectivity index (χ4n) is 2.62. The normalized spacial score (nSPS) is 12.1. The third-order valence-electron chi connectivity index (χ3n) is 3.79. The highest BCUT2D eigenvalue weighted by Crippen LogP contribution is 2.23. The first-order valence-corrected chi connectivity index (χ1v) is 8.26. The summed E-state index contributed by atoms with van der Waals surface area (Å²) in [5.41, 5.74) is 3.39. The maximum atomic E-state index is 12.8. The van der Waals surface area contributed by atoms with E-state index in [-0.39, 0.29) is 11.9 Å². The first kappa shape index (κ1) is 15.7. The number of nitrogens with one attached hydrogen (secondary N) is 1. The fourth-order valence-corrected chi connectivity index (χ4v) is 2.98. The highest BCUT2D eigenvalue weighted by molar-refractivity contribution is 9.10. The van der Waals surface area contributed by atoms with Crippen LogP contribution in [-0.4, -0.2) is 10.9 Å². The number of benzene rings is 2. The zero-order chi connectivity index (χ0) is 16.4. The standard InChI is InChI=1S/C19H17BrN2O/c1-12-10-17(16-11-15(20)8-9-18(16)21-12)19(23)22-13(2)14-6-4-3-5-7-14/h3-11,13H,1-2H3,(H,22,23)/t13-/m1/s1. The van der Waals surface area contributed by atoms with Crippen LogP contribution in [0.15, 0.2) is 59.1 Å². The number of pyridine rings is 1. The number of aromatic nitrogens is 1. The molecule has 0 radical (unpaired) electrons. The molecule has 0 saturated carbocycles. The topological polar surface area (TPSA) is 42.0 Å². The van der Waals surface area contributed by atoms with Gasteiger partial charge in [0.25, 0.3) is 5.91 Å². The van der Waals surface area contributed by atoms with Crippen LogP contribution in [0.3, 0.4) is 0 Å². The molecule has 0 aliphatic heterocycles. The predicted octanol–water partition coefficient (Wildman–Crippen LogP) is 4.80. The summed E-state index contributed by atoms with van der Waals surface area (Å²) >= 11 is 3.46. The fraction of sp³-hybridized carbons (Fsp3) is 0.158. The summed E-state index contributed by atoms with van der Waals surface area (Å²) in [7, 11) is 0. The van der Waals surface area contributed by atoms with Crippen molar-refractivity contribution in [2.75, 3.05) is 0 Å². The third-order valence-corrected chi connectivity index (χ3v) is 4.28. The monoisotopic (exact) mass is 368 g/mol. The Morgan fingerprint density at radius 2 is 1.87 bits per heavy atom. The van der Waals surface area contributed by atoms with Gasteiger partial charge in [0.15, 0.2) is 0 Å². The lowest BCUT2D eigenvalue weighted by molar-refractivity contribution is 0.0941. The van der Waals surface area contributed by atoms with E-state index in [1.54, 1.807) is 0 Å². The van der Waals surface area contributed by atoms with Gasteiger partial charge in [0, 0.05) is 15.6 Å². The molecule has 116 valence electrons. The molecule has 2 aromatic carbocycles. The van der Waals surface area contributed by atoms with Crippen LogP contribution in [0.4, 0.5) is 0 Å². The van der Waals surface area contributed by atoms with Crippen molar-refractivity contribution in [1.29, 1.82) is 0 Å². The molecule has 1 N–H and O–H groups in total. The van der Waals surface area contributed by atoms with Crippen molar-refractivity contribution in [1.82, 2.24) is 10.3 Å². The molecule has 0 aliphatic rings. The van der Waals surface area contributed by atoms with E-state index in [9.17, 15) is 4.79 Å². The molecule has 23 heavy (non-hydrogen) atoms. The van der Waals surface area contributed by atoms with Gasteiger partial charge in [-0.1, -0.05) is 46.3 Å². The Kier molecular flexibility index (Phi) is 4.44. The SMILES string of the molecule is Cc1cc(C(=O)N[C@H](C)c2ccccc2)c2cc(Br)ccc2n1. The zero-order valence-electron chi connectivity index (χ0n) is 13.0. The molecule has 1 atom stereocenters. The van der Waals surface area contributed by atoms with Crippen LogP contribution < -0.4 is 5.32 Å². The van der Waals surface area contributed by atoms with Gasteiger partial charge < -0.3 is 5.32 Å². The predicted molar refractivity (Wildman–Crippen MR) is 96.5 cm³/mol. The van der Waals surface area contributed by atoms with Gasteiger partial charge in [-0.2, -0.15) is 0 Å². The van der Waals surface area contributed by atoms with Crippen molar-refractivity contribution in [3.8, 4) is 0 Å². The second kappa shape index (κ2) is 6.50. The van der Waals surface area contributed by atoms with E-state index in [0.29, 0.717) is 5.56 Å². The molecular formula is C19H17BrN2O. The Hall–Kier alpha value is -2.20. The van der Waals surface area contributed by atoms with Crippen LogP contribution in [0.2, 0.25) is 0 Å². The van der Waals surface area contributed by atoms with Gasteiger partial charge in [0.2, 0.25) is 0 Å². The lowest BCUT2D eigenvalue weighted by atomic mass is 10.0. The van der Waals surface area contributed by atoms with Crippen molar-refractivity contribution in [2.45, 2.75) is 19.9 Å². The van der Waals surface area contributed by atoms with E-state index < -0.39 is 0 Å². The number of hydrogen-bond donors (Lipinski definition) is 1. The highest BCUT2D eigenvalue weighted by atomic mass is 79.9. The summed E-state index contributed by atoms with van der Waals surface area (Å²) in [6.45, 7) is 3.89. The summed E-state index contributed by atoms with van der Waals surface area (Å²) in [6, 6.07) is 17.5. The van der Waals surface area contributed by atoms with Gasteiger partial charge in [-0.25, -0.2) is 0 Å². The molecule has 1 heterocycles.